The molecule has 0 saturated heterocycles. The molecule has 0 unspecified atom stereocenters. The second-order valence-electron chi connectivity index (χ2n) is 3.04. The van der Waals surface area contributed by atoms with Crippen LogP contribution in [-0.2, 0) is 6.54 Å². The number of rotatable bonds is 3. The molecule has 0 aliphatic rings. The van der Waals surface area contributed by atoms with E-state index in [1.807, 2.05) is 36.8 Å². The lowest BCUT2D eigenvalue weighted by Crippen LogP contribution is -3.00. The number of pyridine rings is 2. The second-order valence-corrected chi connectivity index (χ2v) is 3.04. The Morgan fingerprint density at radius 1 is 0.938 bits per heavy atom. The van der Waals surface area contributed by atoms with Crippen LogP contribution in [0, 0.1) is 0 Å². The predicted octanol–water partition coefficient (Wildman–Crippen LogP) is -5.07. The third-order valence-corrected chi connectivity index (χ3v) is 1.98. The van der Waals surface area contributed by atoms with E-state index in [9.17, 15) is 0 Å². The number of hydrogen-bond donors (Lipinski definition) is 1. The van der Waals surface area contributed by atoms with Crippen LogP contribution in [0.25, 0.3) is 0 Å². The molecule has 16 heavy (non-hydrogen) atoms. The minimum atomic E-state index is 0. The smallest absolute Gasteiger partial charge is 0.272 e. The average molecular weight is 258 g/mol. The Morgan fingerprint density at radius 3 is 2.31 bits per heavy atom. The Bertz CT molecular complexity index is 341. The van der Waals surface area contributed by atoms with Crippen molar-refractivity contribution in [2.24, 2.45) is 0 Å². The van der Waals surface area contributed by atoms with E-state index in [0.29, 0.717) is 0 Å². The van der Waals surface area contributed by atoms with Gasteiger partial charge in [0.05, 0.1) is 6.20 Å². The molecule has 0 amide bonds. The SMILES string of the molecule is [Cl-].[Cl-].c1ccc(NCc2cc[nH+]cc2)[nH+]c1. The fourth-order valence-corrected chi connectivity index (χ4v) is 1.24. The fourth-order valence-electron chi connectivity index (χ4n) is 1.24. The van der Waals surface area contributed by atoms with Crippen LogP contribution in [0.4, 0.5) is 5.82 Å². The second kappa shape index (κ2) is 7.91. The molecule has 0 saturated carbocycles. The number of anilines is 1. The van der Waals surface area contributed by atoms with Crippen molar-refractivity contribution in [2.75, 3.05) is 5.32 Å². The molecule has 0 radical (unpaired) electrons. The summed E-state index contributed by atoms with van der Waals surface area (Å²) in [5.41, 5.74) is 1.25. The quantitative estimate of drug-likeness (QED) is 0.588. The van der Waals surface area contributed by atoms with E-state index >= 15 is 0 Å². The summed E-state index contributed by atoms with van der Waals surface area (Å²) >= 11 is 0. The molecule has 2 heterocycles. The van der Waals surface area contributed by atoms with Crippen molar-refractivity contribution in [2.45, 2.75) is 6.54 Å². The minimum absolute atomic E-state index is 0. The maximum Gasteiger partial charge on any atom is 0.272 e. The summed E-state index contributed by atoms with van der Waals surface area (Å²) in [6, 6.07) is 10.1. The number of aromatic nitrogens is 2. The van der Waals surface area contributed by atoms with Crippen LogP contribution in [-0.4, -0.2) is 0 Å². The van der Waals surface area contributed by atoms with E-state index in [-0.39, 0.29) is 24.8 Å². The zero-order chi connectivity index (χ0) is 9.64. The maximum atomic E-state index is 3.29. The molecular weight excluding hydrogens is 245 g/mol. The first-order valence-corrected chi connectivity index (χ1v) is 4.61. The highest BCUT2D eigenvalue weighted by molar-refractivity contribution is 5.28. The summed E-state index contributed by atoms with van der Waals surface area (Å²) in [4.78, 5) is 6.12. The Kier molecular flexibility index (Phi) is 7.25. The van der Waals surface area contributed by atoms with Crippen LogP contribution in [0.15, 0.2) is 48.9 Å². The zero-order valence-corrected chi connectivity index (χ0v) is 10.1. The lowest BCUT2D eigenvalue weighted by Gasteiger charge is -1.96. The van der Waals surface area contributed by atoms with Crippen LogP contribution in [0.1, 0.15) is 5.56 Å². The van der Waals surface area contributed by atoms with Crippen molar-refractivity contribution >= 4 is 5.82 Å². The van der Waals surface area contributed by atoms with Crippen molar-refractivity contribution in [3.63, 3.8) is 0 Å². The summed E-state index contributed by atoms with van der Waals surface area (Å²) in [6.45, 7) is 0.829. The molecule has 0 aliphatic carbocycles. The van der Waals surface area contributed by atoms with E-state index < -0.39 is 0 Å². The molecule has 0 aromatic carbocycles. The summed E-state index contributed by atoms with van der Waals surface area (Å²) in [5, 5.41) is 3.29. The Morgan fingerprint density at radius 2 is 1.69 bits per heavy atom. The normalized spacial score (nSPS) is 8.50. The Balaban J connectivity index is 0.00000112. The first kappa shape index (κ1) is 14.7. The molecule has 2 aromatic rings. The lowest BCUT2D eigenvalue weighted by molar-refractivity contribution is -0.378. The molecule has 0 spiro atoms. The van der Waals surface area contributed by atoms with Crippen LogP contribution >= 0.6 is 0 Å². The summed E-state index contributed by atoms with van der Waals surface area (Å²) in [7, 11) is 0. The van der Waals surface area contributed by atoms with E-state index in [1.54, 1.807) is 0 Å². The lowest BCUT2D eigenvalue weighted by atomic mass is 10.3. The van der Waals surface area contributed by atoms with E-state index in [2.05, 4.69) is 27.4 Å². The molecule has 0 aliphatic heterocycles. The number of halogens is 2. The summed E-state index contributed by atoms with van der Waals surface area (Å²) < 4.78 is 0. The van der Waals surface area contributed by atoms with Crippen LogP contribution in [0.5, 0.6) is 0 Å². The van der Waals surface area contributed by atoms with Crippen molar-refractivity contribution in [3.05, 3.63) is 54.5 Å². The van der Waals surface area contributed by atoms with Crippen molar-refractivity contribution < 1.29 is 34.8 Å². The van der Waals surface area contributed by atoms with Crippen molar-refractivity contribution in [1.82, 2.24) is 0 Å². The Hall–Kier alpha value is -1.32. The highest BCUT2D eigenvalue weighted by Gasteiger charge is 1.99. The minimum Gasteiger partial charge on any atom is -1.00 e. The highest BCUT2D eigenvalue weighted by Crippen LogP contribution is 2.00. The van der Waals surface area contributed by atoms with Crippen LogP contribution < -0.4 is 40.1 Å². The monoisotopic (exact) mass is 257 g/mol. The molecular formula is C11H13Cl2N3. The van der Waals surface area contributed by atoms with Gasteiger partial charge in [0.25, 0.3) is 5.82 Å². The van der Waals surface area contributed by atoms with Crippen LogP contribution in [0.3, 0.4) is 0 Å². The van der Waals surface area contributed by atoms with Gasteiger partial charge in [-0.1, -0.05) is 6.07 Å². The van der Waals surface area contributed by atoms with E-state index in [1.165, 1.54) is 5.56 Å². The maximum absolute atomic E-state index is 3.29. The first-order valence-electron chi connectivity index (χ1n) is 4.61. The van der Waals surface area contributed by atoms with Gasteiger partial charge < -0.3 is 24.8 Å². The third kappa shape index (κ3) is 4.47. The van der Waals surface area contributed by atoms with Gasteiger partial charge in [0.1, 0.15) is 6.54 Å². The van der Waals surface area contributed by atoms with Gasteiger partial charge in [-0.25, -0.2) is 9.97 Å². The summed E-state index contributed by atoms with van der Waals surface area (Å²) in [5.74, 6) is 1.03. The van der Waals surface area contributed by atoms with Gasteiger partial charge in [-0.15, -0.1) is 0 Å². The van der Waals surface area contributed by atoms with Crippen molar-refractivity contribution in [3.8, 4) is 0 Å². The largest absolute Gasteiger partial charge is 1.00 e. The molecule has 3 N–H and O–H groups in total. The third-order valence-electron chi connectivity index (χ3n) is 1.98. The molecule has 0 bridgehead atoms. The summed E-state index contributed by atoms with van der Waals surface area (Å²) in [6.07, 6.45) is 5.75. The zero-order valence-electron chi connectivity index (χ0n) is 8.58. The molecule has 0 atom stereocenters. The highest BCUT2D eigenvalue weighted by atomic mass is 35.5. The average Bonchev–Trinajstić information content (AvgIpc) is 2.29. The molecule has 0 fully saturated rings. The molecule has 5 heteroatoms. The van der Waals surface area contributed by atoms with Crippen molar-refractivity contribution in [1.29, 1.82) is 0 Å². The topological polar surface area (TPSA) is 40.3 Å². The number of H-pyrrole nitrogens is 2. The first-order chi connectivity index (χ1) is 6.95. The number of hydrogen-bond acceptors (Lipinski definition) is 1. The number of aromatic amines is 2. The van der Waals surface area contributed by atoms with Gasteiger partial charge in [0.2, 0.25) is 0 Å². The standard InChI is InChI=1S/C11H11N3.2ClH/c1-2-6-13-11(3-1)14-9-10-4-7-12-8-5-10;;/h1-8H,9H2,(H,13,14);2*1H. The Labute approximate surface area is 107 Å². The molecule has 3 nitrogen and oxygen atoms in total. The molecule has 2 rings (SSSR count). The molecule has 2 aromatic heterocycles. The van der Waals surface area contributed by atoms with Gasteiger partial charge in [-0.05, 0) is 6.07 Å². The van der Waals surface area contributed by atoms with Gasteiger partial charge in [0.15, 0.2) is 12.4 Å². The predicted molar refractivity (Wildman–Crippen MR) is 53.3 cm³/mol. The van der Waals surface area contributed by atoms with Gasteiger partial charge in [-0.2, -0.15) is 0 Å². The van der Waals surface area contributed by atoms with Crippen LogP contribution in [0.2, 0.25) is 0 Å². The van der Waals surface area contributed by atoms with E-state index in [4.69, 9.17) is 0 Å². The number of nitrogens with one attached hydrogen (secondary N) is 3. The van der Waals surface area contributed by atoms with Gasteiger partial charge >= 0.3 is 0 Å². The van der Waals surface area contributed by atoms with Gasteiger partial charge in [0, 0.05) is 23.8 Å². The van der Waals surface area contributed by atoms with Gasteiger partial charge in [-0.3, -0.25) is 5.32 Å². The molecule has 86 valence electrons. The van der Waals surface area contributed by atoms with E-state index in [0.717, 1.165) is 12.4 Å². The fraction of sp³-hybridized carbons (Fsp3) is 0.0909.